The zero-order valence-corrected chi connectivity index (χ0v) is 10.3. The van der Waals surface area contributed by atoms with Gasteiger partial charge in [-0.15, -0.1) is 0 Å². The first-order valence-corrected chi connectivity index (χ1v) is 5.68. The van der Waals surface area contributed by atoms with Crippen LogP contribution in [0.25, 0.3) is 0 Å². The number of halogens is 1. The first-order chi connectivity index (χ1) is 9.04. The number of amides is 2. The van der Waals surface area contributed by atoms with Crippen molar-refractivity contribution in [2.24, 2.45) is 0 Å². The molecular formula is C14H13FN2O2. The van der Waals surface area contributed by atoms with Gasteiger partial charge in [0, 0.05) is 5.69 Å². The molecule has 4 nitrogen and oxygen atoms in total. The number of aromatic hydroxyl groups is 1. The summed E-state index contributed by atoms with van der Waals surface area (Å²) in [6.07, 6.45) is 0. The Balaban J connectivity index is 2.07. The Morgan fingerprint density at radius 3 is 2.68 bits per heavy atom. The molecule has 0 aromatic heterocycles. The molecule has 0 spiro atoms. The highest BCUT2D eigenvalue weighted by Gasteiger charge is 2.07. The number of carbonyl (C=O) groups is 1. The lowest BCUT2D eigenvalue weighted by molar-refractivity contribution is 0.262. The maximum Gasteiger partial charge on any atom is 0.323 e. The molecular weight excluding hydrogens is 247 g/mol. The quantitative estimate of drug-likeness (QED) is 0.724. The molecule has 2 aromatic rings. The van der Waals surface area contributed by atoms with Gasteiger partial charge in [-0.05, 0) is 42.8 Å². The number of hydrogen-bond donors (Lipinski definition) is 3. The molecule has 0 bridgehead atoms. The number of benzene rings is 2. The van der Waals surface area contributed by atoms with Gasteiger partial charge >= 0.3 is 6.03 Å². The largest absolute Gasteiger partial charge is 0.506 e. The lowest BCUT2D eigenvalue weighted by Gasteiger charge is -2.09. The van der Waals surface area contributed by atoms with Crippen molar-refractivity contribution in [1.82, 2.24) is 0 Å². The van der Waals surface area contributed by atoms with Crippen LogP contribution in [0.1, 0.15) is 5.56 Å². The van der Waals surface area contributed by atoms with Gasteiger partial charge in [-0.3, -0.25) is 0 Å². The van der Waals surface area contributed by atoms with E-state index in [0.29, 0.717) is 11.4 Å². The van der Waals surface area contributed by atoms with E-state index in [0.717, 1.165) is 5.56 Å². The number of anilines is 2. The topological polar surface area (TPSA) is 61.4 Å². The predicted molar refractivity (Wildman–Crippen MR) is 71.9 cm³/mol. The molecule has 0 aliphatic heterocycles. The lowest BCUT2D eigenvalue weighted by Crippen LogP contribution is -2.19. The summed E-state index contributed by atoms with van der Waals surface area (Å²) >= 11 is 0. The van der Waals surface area contributed by atoms with Crippen LogP contribution in [0.3, 0.4) is 0 Å². The smallest absolute Gasteiger partial charge is 0.323 e. The van der Waals surface area contributed by atoms with Crippen LogP contribution in [-0.2, 0) is 0 Å². The van der Waals surface area contributed by atoms with Crippen LogP contribution in [0, 0.1) is 12.7 Å². The lowest BCUT2D eigenvalue weighted by atomic mass is 10.2. The minimum atomic E-state index is -0.550. The number of hydrogen-bond acceptors (Lipinski definition) is 2. The van der Waals surface area contributed by atoms with Crippen LogP contribution in [0.5, 0.6) is 5.75 Å². The van der Waals surface area contributed by atoms with Gasteiger partial charge in [-0.2, -0.15) is 0 Å². The third-order valence-corrected chi connectivity index (χ3v) is 2.48. The van der Waals surface area contributed by atoms with Gasteiger partial charge in [0.15, 0.2) is 0 Å². The maximum atomic E-state index is 12.9. The van der Waals surface area contributed by atoms with Crippen LogP contribution >= 0.6 is 0 Å². The Labute approximate surface area is 109 Å². The average Bonchev–Trinajstić information content (AvgIpc) is 2.34. The molecule has 98 valence electrons. The number of aryl methyl sites for hydroxylation is 1. The number of rotatable bonds is 2. The second-order valence-electron chi connectivity index (χ2n) is 4.11. The third kappa shape index (κ3) is 3.45. The number of nitrogens with one attached hydrogen (secondary N) is 2. The van der Waals surface area contributed by atoms with Crippen molar-refractivity contribution < 1.29 is 14.3 Å². The second-order valence-corrected chi connectivity index (χ2v) is 4.11. The Kier molecular flexibility index (Phi) is 3.66. The Bertz CT molecular complexity index is 614. The Morgan fingerprint density at radius 1 is 1.16 bits per heavy atom. The van der Waals surface area contributed by atoms with E-state index in [1.54, 1.807) is 18.2 Å². The minimum absolute atomic E-state index is 0.0278. The zero-order chi connectivity index (χ0) is 13.8. The molecule has 0 aliphatic carbocycles. The van der Waals surface area contributed by atoms with Crippen LogP contribution in [0.4, 0.5) is 20.6 Å². The summed E-state index contributed by atoms with van der Waals surface area (Å²) in [5.74, 6) is -0.462. The number of urea groups is 1. The Hall–Kier alpha value is -2.56. The van der Waals surface area contributed by atoms with E-state index in [9.17, 15) is 14.3 Å². The van der Waals surface area contributed by atoms with Crippen LogP contribution in [-0.4, -0.2) is 11.1 Å². The minimum Gasteiger partial charge on any atom is -0.506 e. The van der Waals surface area contributed by atoms with Gasteiger partial charge in [0.05, 0.1) is 5.69 Å². The molecule has 2 rings (SSSR count). The van der Waals surface area contributed by atoms with Gasteiger partial charge in [0.1, 0.15) is 11.6 Å². The fourth-order valence-corrected chi connectivity index (χ4v) is 1.60. The van der Waals surface area contributed by atoms with Crippen molar-refractivity contribution in [1.29, 1.82) is 0 Å². The van der Waals surface area contributed by atoms with Gasteiger partial charge in [0.2, 0.25) is 0 Å². The van der Waals surface area contributed by atoms with Crippen molar-refractivity contribution in [3.05, 3.63) is 53.8 Å². The van der Waals surface area contributed by atoms with E-state index in [1.807, 2.05) is 6.92 Å². The first-order valence-electron chi connectivity index (χ1n) is 5.68. The number of phenols is 1. The van der Waals surface area contributed by atoms with Gasteiger partial charge < -0.3 is 15.7 Å². The number of phenolic OH excluding ortho intramolecular Hbond substituents is 1. The fourth-order valence-electron chi connectivity index (χ4n) is 1.60. The molecule has 0 aliphatic rings. The fraction of sp³-hybridized carbons (Fsp3) is 0.0714. The van der Waals surface area contributed by atoms with E-state index in [2.05, 4.69) is 10.6 Å². The van der Waals surface area contributed by atoms with E-state index < -0.39 is 11.8 Å². The highest BCUT2D eigenvalue weighted by molar-refractivity contribution is 6.00. The van der Waals surface area contributed by atoms with Crippen molar-refractivity contribution >= 4 is 17.4 Å². The van der Waals surface area contributed by atoms with Crippen molar-refractivity contribution in [2.45, 2.75) is 6.92 Å². The second kappa shape index (κ2) is 5.39. The van der Waals surface area contributed by atoms with E-state index in [4.69, 9.17) is 0 Å². The van der Waals surface area contributed by atoms with Gasteiger partial charge in [0.25, 0.3) is 0 Å². The normalized spacial score (nSPS) is 10.0. The van der Waals surface area contributed by atoms with Gasteiger partial charge in [-0.1, -0.05) is 12.1 Å². The van der Waals surface area contributed by atoms with Crippen molar-refractivity contribution in [2.75, 3.05) is 10.6 Å². The molecule has 19 heavy (non-hydrogen) atoms. The predicted octanol–water partition coefficient (Wildman–Crippen LogP) is 3.48. The Morgan fingerprint density at radius 2 is 1.95 bits per heavy atom. The zero-order valence-electron chi connectivity index (χ0n) is 10.3. The SMILES string of the molecule is Cc1ccc(O)c(NC(=O)Nc2cccc(F)c2)c1. The van der Waals surface area contributed by atoms with Crippen molar-refractivity contribution in [3.8, 4) is 5.75 Å². The summed E-state index contributed by atoms with van der Waals surface area (Å²) in [6.45, 7) is 1.84. The average molecular weight is 260 g/mol. The molecule has 2 amide bonds. The standard InChI is InChI=1S/C14H13FN2O2/c1-9-5-6-13(18)12(7-9)17-14(19)16-11-4-2-3-10(15)8-11/h2-8,18H,1H3,(H2,16,17,19). The van der Waals surface area contributed by atoms with Crippen molar-refractivity contribution in [3.63, 3.8) is 0 Å². The summed E-state index contributed by atoms with van der Waals surface area (Å²) in [6, 6.07) is 9.86. The molecule has 0 unspecified atom stereocenters. The summed E-state index contributed by atoms with van der Waals surface area (Å²) in [4.78, 5) is 11.7. The summed E-state index contributed by atoms with van der Waals surface area (Å²) in [5, 5.41) is 14.6. The summed E-state index contributed by atoms with van der Waals surface area (Å²) < 4.78 is 12.9. The van der Waals surface area contributed by atoms with E-state index in [-0.39, 0.29) is 5.75 Å². The summed E-state index contributed by atoms with van der Waals surface area (Å²) in [5.41, 5.74) is 1.54. The molecule has 2 aromatic carbocycles. The molecule has 0 heterocycles. The maximum absolute atomic E-state index is 12.9. The van der Waals surface area contributed by atoms with Crippen LogP contribution in [0.2, 0.25) is 0 Å². The van der Waals surface area contributed by atoms with Gasteiger partial charge in [-0.25, -0.2) is 9.18 Å². The van der Waals surface area contributed by atoms with Crippen LogP contribution in [0.15, 0.2) is 42.5 Å². The third-order valence-electron chi connectivity index (χ3n) is 2.48. The summed E-state index contributed by atoms with van der Waals surface area (Å²) in [7, 11) is 0. The molecule has 0 fully saturated rings. The van der Waals surface area contributed by atoms with E-state index in [1.165, 1.54) is 24.3 Å². The molecule has 0 atom stereocenters. The molecule has 0 saturated carbocycles. The van der Waals surface area contributed by atoms with E-state index >= 15 is 0 Å². The monoisotopic (exact) mass is 260 g/mol. The first kappa shape index (κ1) is 12.9. The molecule has 0 radical (unpaired) electrons. The molecule has 5 heteroatoms. The number of carbonyl (C=O) groups excluding carboxylic acids is 1. The highest BCUT2D eigenvalue weighted by atomic mass is 19.1. The molecule has 3 N–H and O–H groups in total. The van der Waals surface area contributed by atoms with Crippen LogP contribution < -0.4 is 10.6 Å². The molecule has 0 saturated heterocycles. The highest BCUT2D eigenvalue weighted by Crippen LogP contribution is 2.24.